The number of aliphatic hydroxyl groups excluding tert-OH is 1. The molecular formula is C12H17NO3S. The number of rotatable bonds is 3. The van der Waals surface area contributed by atoms with E-state index >= 15 is 0 Å². The van der Waals surface area contributed by atoms with Crippen LogP contribution >= 0.6 is 0 Å². The summed E-state index contributed by atoms with van der Waals surface area (Å²) in [6.45, 7) is 2.59. The molecule has 1 saturated heterocycles. The largest absolute Gasteiger partial charge is 0.390 e. The van der Waals surface area contributed by atoms with Gasteiger partial charge in [-0.1, -0.05) is 29.8 Å². The predicted octanol–water partition coefficient (Wildman–Crippen LogP) is 0.243. The minimum atomic E-state index is -3.07. The Morgan fingerprint density at radius 3 is 2.76 bits per heavy atom. The van der Waals surface area contributed by atoms with Crippen molar-refractivity contribution >= 4 is 9.84 Å². The van der Waals surface area contributed by atoms with Crippen LogP contribution in [0.4, 0.5) is 0 Å². The summed E-state index contributed by atoms with van der Waals surface area (Å²) in [5, 5.41) is 12.7. The van der Waals surface area contributed by atoms with Gasteiger partial charge < -0.3 is 10.4 Å². The summed E-state index contributed by atoms with van der Waals surface area (Å²) in [6.07, 6.45) is -0.787. The van der Waals surface area contributed by atoms with E-state index in [-0.39, 0.29) is 17.5 Å². The van der Waals surface area contributed by atoms with Gasteiger partial charge in [-0.3, -0.25) is 0 Å². The first-order chi connectivity index (χ1) is 7.96. The zero-order valence-corrected chi connectivity index (χ0v) is 10.6. The molecule has 2 rings (SSSR count). The van der Waals surface area contributed by atoms with Gasteiger partial charge >= 0.3 is 0 Å². The SMILES string of the molecule is Cc1cccc(CNC2CS(=O)(=O)CC2O)c1. The highest BCUT2D eigenvalue weighted by Gasteiger charge is 2.35. The van der Waals surface area contributed by atoms with E-state index in [0.717, 1.165) is 5.56 Å². The van der Waals surface area contributed by atoms with Crippen molar-refractivity contribution in [1.29, 1.82) is 0 Å². The van der Waals surface area contributed by atoms with Crippen LogP contribution in [0, 0.1) is 6.92 Å². The number of aliphatic hydroxyl groups is 1. The maximum Gasteiger partial charge on any atom is 0.154 e. The van der Waals surface area contributed by atoms with Gasteiger partial charge in [-0.15, -0.1) is 0 Å². The Hall–Kier alpha value is -0.910. The molecule has 94 valence electrons. The molecule has 0 amide bonds. The highest BCUT2D eigenvalue weighted by atomic mass is 32.2. The van der Waals surface area contributed by atoms with Crippen LogP contribution in [-0.2, 0) is 16.4 Å². The van der Waals surface area contributed by atoms with Gasteiger partial charge in [0.25, 0.3) is 0 Å². The molecule has 1 aliphatic rings. The molecule has 0 spiro atoms. The van der Waals surface area contributed by atoms with Crippen molar-refractivity contribution < 1.29 is 13.5 Å². The third-order valence-electron chi connectivity index (χ3n) is 2.97. The van der Waals surface area contributed by atoms with E-state index < -0.39 is 15.9 Å². The summed E-state index contributed by atoms with van der Waals surface area (Å²) in [7, 11) is -3.07. The predicted molar refractivity (Wildman–Crippen MR) is 66.5 cm³/mol. The molecule has 2 N–H and O–H groups in total. The van der Waals surface area contributed by atoms with E-state index in [1.54, 1.807) is 0 Å². The number of hydrogen-bond acceptors (Lipinski definition) is 4. The van der Waals surface area contributed by atoms with Gasteiger partial charge in [0.15, 0.2) is 9.84 Å². The highest BCUT2D eigenvalue weighted by Crippen LogP contribution is 2.13. The van der Waals surface area contributed by atoms with Crippen molar-refractivity contribution in [1.82, 2.24) is 5.32 Å². The molecule has 0 aromatic heterocycles. The van der Waals surface area contributed by atoms with E-state index in [1.807, 2.05) is 31.2 Å². The third kappa shape index (κ3) is 3.28. The number of nitrogens with one attached hydrogen (secondary N) is 1. The Kier molecular flexibility index (Phi) is 3.51. The molecule has 5 heteroatoms. The van der Waals surface area contributed by atoms with Crippen LogP contribution in [0.25, 0.3) is 0 Å². The normalized spacial score (nSPS) is 27.2. The monoisotopic (exact) mass is 255 g/mol. The van der Waals surface area contributed by atoms with E-state index in [2.05, 4.69) is 5.32 Å². The van der Waals surface area contributed by atoms with Crippen molar-refractivity contribution in [2.45, 2.75) is 25.6 Å². The lowest BCUT2D eigenvalue weighted by Gasteiger charge is -2.14. The Labute approximate surface area is 102 Å². The average Bonchev–Trinajstić information content (AvgIpc) is 2.49. The molecule has 1 aromatic carbocycles. The van der Waals surface area contributed by atoms with Gasteiger partial charge in [0.2, 0.25) is 0 Å². The van der Waals surface area contributed by atoms with Crippen molar-refractivity contribution in [2.24, 2.45) is 0 Å². The first kappa shape index (κ1) is 12.5. The second-order valence-electron chi connectivity index (χ2n) is 4.62. The molecule has 4 nitrogen and oxygen atoms in total. The fourth-order valence-electron chi connectivity index (χ4n) is 2.10. The number of hydrogen-bond donors (Lipinski definition) is 2. The second kappa shape index (κ2) is 4.76. The topological polar surface area (TPSA) is 66.4 Å². The third-order valence-corrected chi connectivity index (χ3v) is 4.69. The highest BCUT2D eigenvalue weighted by molar-refractivity contribution is 7.91. The van der Waals surface area contributed by atoms with Crippen LogP contribution in [0.15, 0.2) is 24.3 Å². The average molecular weight is 255 g/mol. The van der Waals surface area contributed by atoms with Gasteiger partial charge in [-0.2, -0.15) is 0 Å². The molecule has 0 radical (unpaired) electrons. The summed E-state index contributed by atoms with van der Waals surface area (Å²) < 4.78 is 22.6. The van der Waals surface area contributed by atoms with Crippen molar-refractivity contribution in [3.63, 3.8) is 0 Å². The molecule has 1 fully saturated rings. The maximum atomic E-state index is 11.3. The van der Waals surface area contributed by atoms with Gasteiger partial charge in [-0.25, -0.2) is 8.42 Å². The van der Waals surface area contributed by atoms with Crippen molar-refractivity contribution in [3.8, 4) is 0 Å². The Bertz CT molecular complexity index is 498. The molecule has 1 aliphatic heterocycles. The first-order valence-corrected chi connectivity index (χ1v) is 7.46. The van der Waals surface area contributed by atoms with Crippen LogP contribution in [0.3, 0.4) is 0 Å². The van der Waals surface area contributed by atoms with E-state index in [0.29, 0.717) is 6.54 Å². The molecule has 0 bridgehead atoms. The minimum Gasteiger partial charge on any atom is -0.390 e. The molecule has 17 heavy (non-hydrogen) atoms. The molecule has 1 aromatic rings. The van der Waals surface area contributed by atoms with Crippen LogP contribution < -0.4 is 5.32 Å². The Morgan fingerprint density at radius 1 is 1.41 bits per heavy atom. The lowest BCUT2D eigenvalue weighted by atomic mass is 10.1. The fraction of sp³-hybridized carbons (Fsp3) is 0.500. The zero-order valence-electron chi connectivity index (χ0n) is 9.76. The summed E-state index contributed by atoms with van der Waals surface area (Å²) >= 11 is 0. The summed E-state index contributed by atoms with van der Waals surface area (Å²) in [5.41, 5.74) is 2.27. The number of sulfone groups is 1. The van der Waals surface area contributed by atoms with Crippen LogP contribution in [0.5, 0.6) is 0 Å². The van der Waals surface area contributed by atoms with Crippen LogP contribution in [-0.4, -0.2) is 37.2 Å². The smallest absolute Gasteiger partial charge is 0.154 e. The minimum absolute atomic E-state index is 0.0278. The number of benzene rings is 1. The molecule has 2 atom stereocenters. The van der Waals surface area contributed by atoms with Crippen molar-refractivity contribution in [3.05, 3.63) is 35.4 Å². The maximum absolute atomic E-state index is 11.3. The lowest BCUT2D eigenvalue weighted by Crippen LogP contribution is -2.38. The summed E-state index contributed by atoms with van der Waals surface area (Å²) in [4.78, 5) is 0. The zero-order chi connectivity index (χ0) is 12.5. The standard InChI is InChI=1S/C12H17NO3S/c1-9-3-2-4-10(5-9)6-13-11-7-17(15,16)8-12(11)14/h2-5,11-14H,6-8H2,1H3. The first-order valence-electron chi connectivity index (χ1n) is 5.64. The van der Waals surface area contributed by atoms with Crippen LogP contribution in [0.2, 0.25) is 0 Å². The molecule has 1 heterocycles. The number of aryl methyl sites for hydroxylation is 1. The van der Waals surface area contributed by atoms with Crippen LogP contribution in [0.1, 0.15) is 11.1 Å². The van der Waals surface area contributed by atoms with Gasteiger partial charge in [0, 0.05) is 12.6 Å². The van der Waals surface area contributed by atoms with E-state index in [1.165, 1.54) is 5.56 Å². The van der Waals surface area contributed by atoms with Gasteiger partial charge in [0.1, 0.15) is 0 Å². The van der Waals surface area contributed by atoms with Gasteiger partial charge in [0.05, 0.1) is 17.6 Å². The summed E-state index contributed by atoms with van der Waals surface area (Å²) in [5.74, 6) is -0.0987. The Morgan fingerprint density at radius 2 is 2.18 bits per heavy atom. The van der Waals surface area contributed by atoms with Crippen molar-refractivity contribution in [2.75, 3.05) is 11.5 Å². The quantitative estimate of drug-likeness (QED) is 0.812. The molecular weight excluding hydrogens is 238 g/mol. The molecule has 2 unspecified atom stereocenters. The molecule has 0 saturated carbocycles. The molecule has 0 aliphatic carbocycles. The lowest BCUT2D eigenvalue weighted by molar-refractivity contribution is 0.165. The fourth-order valence-corrected chi connectivity index (χ4v) is 3.87. The summed E-state index contributed by atoms with van der Waals surface area (Å²) in [6, 6.07) is 7.66. The Balaban J connectivity index is 1.95. The van der Waals surface area contributed by atoms with E-state index in [4.69, 9.17) is 0 Å². The second-order valence-corrected chi connectivity index (χ2v) is 6.77. The van der Waals surface area contributed by atoms with Gasteiger partial charge in [-0.05, 0) is 12.5 Å². The van der Waals surface area contributed by atoms with E-state index in [9.17, 15) is 13.5 Å².